The minimum absolute atomic E-state index is 0.272. The van der Waals surface area contributed by atoms with Gasteiger partial charge in [-0.05, 0) is 46.8 Å². The molecular formula is C26H42N2O11S. The van der Waals surface area contributed by atoms with E-state index in [4.69, 9.17) is 28.4 Å². The summed E-state index contributed by atoms with van der Waals surface area (Å²) in [6.45, 7) is 13.9. The standard InChI is InChI=1S/C26H42N2O11S/c1-14(29)27-20-22(37-17(4)32)21(36-16(3)31)19(13-34-15(2)30)38-23(20)40-11-10-18-12-35-26(8,9)28(18)24(33)39-25(5,6)7/h18-23H,10-13H2,1-9H3,(H,27,29)/t18-,19+,20+,21+,22+,23-/m0/s1. The number of rotatable bonds is 9. The molecule has 0 aromatic rings. The number of hydrogen-bond acceptors (Lipinski definition) is 12. The third-order valence-corrected chi connectivity index (χ3v) is 7.17. The largest absolute Gasteiger partial charge is 0.463 e. The predicted molar refractivity (Wildman–Crippen MR) is 143 cm³/mol. The number of carbonyl (C=O) groups is 5. The molecule has 2 amide bonds. The molecule has 2 aliphatic rings. The van der Waals surface area contributed by atoms with Gasteiger partial charge in [0, 0.05) is 27.7 Å². The van der Waals surface area contributed by atoms with E-state index < -0.39 is 71.0 Å². The van der Waals surface area contributed by atoms with Crippen molar-refractivity contribution >= 4 is 41.7 Å². The van der Waals surface area contributed by atoms with Gasteiger partial charge in [-0.3, -0.25) is 24.1 Å². The highest BCUT2D eigenvalue weighted by Gasteiger charge is 2.51. The van der Waals surface area contributed by atoms with E-state index >= 15 is 0 Å². The fraction of sp³-hybridized carbons (Fsp3) is 0.808. The van der Waals surface area contributed by atoms with Gasteiger partial charge in [0.05, 0.1) is 12.6 Å². The second-order valence-corrected chi connectivity index (χ2v) is 12.3. The third kappa shape index (κ3) is 9.81. The molecule has 2 rings (SSSR count). The van der Waals surface area contributed by atoms with E-state index in [-0.39, 0.29) is 12.6 Å². The van der Waals surface area contributed by atoms with E-state index in [0.29, 0.717) is 18.8 Å². The van der Waals surface area contributed by atoms with Crippen LogP contribution in [-0.4, -0.2) is 101 Å². The molecule has 13 nitrogen and oxygen atoms in total. The molecule has 0 spiro atoms. The molecule has 0 radical (unpaired) electrons. The Hall–Kier alpha value is -2.58. The summed E-state index contributed by atoms with van der Waals surface area (Å²) >= 11 is 1.31. The first-order valence-electron chi connectivity index (χ1n) is 13.1. The molecule has 2 heterocycles. The lowest BCUT2D eigenvalue weighted by molar-refractivity contribution is -0.211. The first-order chi connectivity index (χ1) is 18.4. The maximum absolute atomic E-state index is 13.0. The van der Waals surface area contributed by atoms with Gasteiger partial charge in [0.25, 0.3) is 0 Å². The second kappa shape index (κ2) is 13.9. The summed E-state index contributed by atoms with van der Waals surface area (Å²) in [5.74, 6) is -1.88. The van der Waals surface area contributed by atoms with Crippen LogP contribution in [-0.2, 0) is 47.6 Å². The van der Waals surface area contributed by atoms with Crippen molar-refractivity contribution in [1.82, 2.24) is 10.2 Å². The monoisotopic (exact) mass is 590 g/mol. The van der Waals surface area contributed by atoms with Crippen LogP contribution in [0, 0.1) is 0 Å². The number of thioether (sulfide) groups is 1. The molecule has 1 N–H and O–H groups in total. The summed E-state index contributed by atoms with van der Waals surface area (Å²) in [7, 11) is 0. The van der Waals surface area contributed by atoms with Crippen molar-refractivity contribution in [2.24, 2.45) is 0 Å². The Morgan fingerprint density at radius 1 is 0.975 bits per heavy atom. The zero-order valence-corrected chi connectivity index (χ0v) is 25.5. The van der Waals surface area contributed by atoms with E-state index in [1.807, 2.05) is 0 Å². The van der Waals surface area contributed by atoms with Gasteiger partial charge >= 0.3 is 24.0 Å². The van der Waals surface area contributed by atoms with Crippen LogP contribution < -0.4 is 5.32 Å². The van der Waals surface area contributed by atoms with E-state index in [1.54, 1.807) is 39.5 Å². The van der Waals surface area contributed by atoms with E-state index in [9.17, 15) is 24.0 Å². The van der Waals surface area contributed by atoms with E-state index in [0.717, 1.165) is 0 Å². The highest BCUT2D eigenvalue weighted by atomic mass is 32.2. The van der Waals surface area contributed by atoms with Gasteiger partial charge in [-0.25, -0.2) is 4.79 Å². The van der Waals surface area contributed by atoms with Crippen LogP contribution in [0.4, 0.5) is 4.79 Å². The maximum Gasteiger partial charge on any atom is 0.412 e. The quantitative estimate of drug-likeness (QED) is 0.309. The first-order valence-corrected chi connectivity index (χ1v) is 14.1. The van der Waals surface area contributed by atoms with Crippen molar-refractivity contribution in [1.29, 1.82) is 0 Å². The van der Waals surface area contributed by atoms with Gasteiger partial charge in [-0.1, -0.05) is 0 Å². The molecule has 14 heteroatoms. The summed E-state index contributed by atoms with van der Waals surface area (Å²) in [5, 5.41) is 2.75. The Balaban J connectivity index is 2.27. The van der Waals surface area contributed by atoms with Gasteiger partial charge in [-0.2, -0.15) is 0 Å². The van der Waals surface area contributed by atoms with Crippen LogP contribution in [0.25, 0.3) is 0 Å². The molecule has 2 aliphatic heterocycles. The molecule has 0 unspecified atom stereocenters. The number of esters is 3. The van der Waals surface area contributed by atoms with Crippen LogP contribution in [0.15, 0.2) is 0 Å². The minimum atomic E-state index is -1.15. The molecule has 2 saturated heterocycles. The van der Waals surface area contributed by atoms with Gasteiger partial charge in [-0.15, -0.1) is 11.8 Å². The van der Waals surface area contributed by atoms with Gasteiger partial charge < -0.3 is 33.7 Å². The summed E-state index contributed by atoms with van der Waals surface area (Å²) in [4.78, 5) is 62.1. The molecule has 6 atom stereocenters. The molecule has 0 bridgehead atoms. The molecule has 0 aliphatic carbocycles. The van der Waals surface area contributed by atoms with Crippen molar-refractivity contribution in [3.05, 3.63) is 0 Å². The fourth-order valence-corrected chi connectivity index (χ4v) is 5.82. The molecule has 0 aromatic heterocycles. The van der Waals surface area contributed by atoms with Gasteiger partial charge in [0.15, 0.2) is 12.2 Å². The Morgan fingerprint density at radius 3 is 2.10 bits per heavy atom. The van der Waals surface area contributed by atoms with Crippen molar-refractivity contribution in [2.75, 3.05) is 19.0 Å². The Kier molecular flexibility index (Phi) is 11.6. The molecule has 0 saturated carbocycles. The molecule has 40 heavy (non-hydrogen) atoms. The number of ether oxygens (including phenoxy) is 6. The van der Waals surface area contributed by atoms with Crippen LogP contribution >= 0.6 is 11.8 Å². The van der Waals surface area contributed by atoms with Gasteiger partial charge in [0.2, 0.25) is 5.91 Å². The summed E-state index contributed by atoms with van der Waals surface area (Å²) in [6.07, 6.45) is -3.26. The molecule has 2 fully saturated rings. The number of nitrogens with zero attached hydrogens (tertiary/aromatic N) is 1. The maximum atomic E-state index is 13.0. The van der Waals surface area contributed by atoms with Crippen LogP contribution in [0.3, 0.4) is 0 Å². The zero-order valence-electron chi connectivity index (χ0n) is 24.6. The lowest BCUT2D eigenvalue weighted by Gasteiger charge is -2.45. The second-order valence-electron chi connectivity index (χ2n) is 11.1. The summed E-state index contributed by atoms with van der Waals surface area (Å²) < 4.78 is 33.8. The predicted octanol–water partition coefficient (Wildman–Crippen LogP) is 2.14. The fourth-order valence-electron chi connectivity index (χ4n) is 4.53. The normalized spacial score (nSPS) is 27.9. The average molecular weight is 591 g/mol. The highest BCUT2D eigenvalue weighted by molar-refractivity contribution is 7.99. The van der Waals surface area contributed by atoms with Crippen molar-refractivity contribution < 1.29 is 52.4 Å². The van der Waals surface area contributed by atoms with Crippen molar-refractivity contribution in [3.63, 3.8) is 0 Å². The zero-order chi connectivity index (χ0) is 30.4. The molecular weight excluding hydrogens is 548 g/mol. The van der Waals surface area contributed by atoms with Crippen LogP contribution in [0.5, 0.6) is 0 Å². The van der Waals surface area contributed by atoms with E-state index in [1.165, 1.54) is 39.5 Å². The highest BCUT2D eigenvalue weighted by Crippen LogP contribution is 2.35. The third-order valence-electron chi connectivity index (χ3n) is 5.97. The average Bonchev–Trinajstić information content (AvgIpc) is 3.08. The van der Waals surface area contributed by atoms with Crippen LogP contribution in [0.1, 0.15) is 68.7 Å². The Morgan fingerprint density at radius 2 is 1.57 bits per heavy atom. The number of carbonyl (C=O) groups excluding carboxylic acids is 5. The van der Waals surface area contributed by atoms with Crippen LogP contribution in [0.2, 0.25) is 0 Å². The Bertz CT molecular complexity index is 951. The number of hydrogen-bond donors (Lipinski definition) is 1. The molecule has 0 aromatic carbocycles. The SMILES string of the molecule is CC(=O)N[C@@H]1[C@@H](OC(C)=O)[C@H](OC(C)=O)[C@@H](COC(C)=O)O[C@H]1SCC[C@H]1COC(C)(C)N1C(=O)OC(C)(C)C. The number of nitrogens with one attached hydrogen (secondary N) is 1. The number of amides is 2. The lowest BCUT2D eigenvalue weighted by atomic mass is 9.97. The molecule has 228 valence electrons. The van der Waals surface area contributed by atoms with Crippen molar-refractivity contribution in [2.45, 2.75) is 116 Å². The first kappa shape index (κ1) is 33.6. The summed E-state index contributed by atoms with van der Waals surface area (Å²) in [6, 6.07) is -1.20. The minimum Gasteiger partial charge on any atom is -0.463 e. The van der Waals surface area contributed by atoms with Gasteiger partial charge in [0.1, 0.15) is 35.5 Å². The van der Waals surface area contributed by atoms with Crippen molar-refractivity contribution in [3.8, 4) is 0 Å². The topological polar surface area (TPSA) is 156 Å². The lowest BCUT2D eigenvalue weighted by Crippen LogP contribution is -2.65. The van der Waals surface area contributed by atoms with E-state index in [2.05, 4.69) is 5.32 Å². The Labute approximate surface area is 239 Å². The summed E-state index contributed by atoms with van der Waals surface area (Å²) in [5.41, 5.74) is -2.34. The smallest absolute Gasteiger partial charge is 0.412 e.